The predicted octanol–water partition coefficient (Wildman–Crippen LogP) is 1.97. The number of rotatable bonds is 2. The van der Waals surface area contributed by atoms with Crippen LogP contribution < -0.4 is 4.74 Å². The van der Waals surface area contributed by atoms with Crippen LogP contribution in [0.4, 0.5) is 0 Å². The number of methoxy groups -OCH3 is 1. The quantitative estimate of drug-likeness (QED) is 0.694. The van der Waals surface area contributed by atoms with Crippen molar-refractivity contribution < 1.29 is 14.3 Å². The Morgan fingerprint density at radius 3 is 2.47 bits per heavy atom. The molecule has 1 aliphatic rings. The SMILES string of the molecule is COc1ccc([C@H]2C(=O)OC[C@H]2C)cc1. The van der Waals surface area contributed by atoms with Gasteiger partial charge in [0.05, 0.1) is 19.6 Å². The molecule has 0 aliphatic carbocycles. The van der Waals surface area contributed by atoms with Crippen LogP contribution >= 0.6 is 0 Å². The van der Waals surface area contributed by atoms with E-state index < -0.39 is 0 Å². The molecule has 0 aromatic heterocycles. The largest absolute Gasteiger partial charge is 0.497 e. The third kappa shape index (κ3) is 1.82. The smallest absolute Gasteiger partial charge is 0.313 e. The first kappa shape index (κ1) is 10.0. The molecular weight excluding hydrogens is 192 g/mol. The maximum absolute atomic E-state index is 11.5. The molecule has 1 aromatic rings. The maximum Gasteiger partial charge on any atom is 0.313 e. The number of carbonyl (C=O) groups is 1. The van der Waals surface area contributed by atoms with Gasteiger partial charge in [0.25, 0.3) is 0 Å². The number of carbonyl (C=O) groups excluding carboxylic acids is 1. The van der Waals surface area contributed by atoms with Gasteiger partial charge in [-0.05, 0) is 17.7 Å². The van der Waals surface area contributed by atoms with Gasteiger partial charge in [-0.2, -0.15) is 0 Å². The average Bonchev–Trinajstić information content (AvgIpc) is 2.59. The number of cyclic esters (lactones) is 1. The molecule has 15 heavy (non-hydrogen) atoms. The van der Waals surface area contributed by atoms with Gasteiger partial charge in [0.15, 0.2) is 0 Å². The van der Waals surface area contributed by atoms with Crippen LogP contribution in [-0.2, 0) is 9.53 Å². The highest BCUT2D eigenvalue weighted by atomic mass is 16.5. The zero-order valence-electron chi connectivity index (χ0n) is 8.90. The fourth-order valence-corrected chi connectivity index (χ4v) is 1.91. The Labute approximate surface area is 89.0 Å². The second kappa shape index (κ2) is 3.93. The number of hydrogen-bond donors (Lipinski definition) is 0. The Bertz CT molecular complexity index is 356. The number of hydrogen-bond acceptors (Lipinski definition) is 3. The van der Waals surface area contributed by atoms with Gasteiger partial charge in [-0.1, -0.05) is 19.1 Å². The Morgan fingerprint density at radius 2 is 2.00 bits per heavy atom. The van der Waals surface area contributed by atoms with Crippen molar-refractivity contribution >= 4 is 5.97 Å². The molecule has 2 atom stereocenters. The van der Waals surface area contributed by atoms with E-state index in [1.165, 1.54) is 0 Å². The molecule has 0 unspecified atom stereocenters. The summed E-state index contributed by atoms with van der Waals surface area (Å²) in [4.78, 5) is 11.5. The van der Waals surface area contributed by atoms with Gasteiger partial charge in [-0.3, -0.25) is 4.79 Å². The zero-order chi connectivity index (χ0) is 10.8. The highest BCUT2D eigenvalue weighted by molar-refractivity contribution is 5.80. The second-order valence-electron chi connectivity index (χ2n) is 3.86. The lowest BCUT2D eigenvalue weighted by atomic mass is 9.90. The van der Waals surface area contributed by atoms with Crippen molar-refractivity contribution in [2.45, 2.75) is 12.8 Å². The molecule has 3 heteroatoms. The van der Waals surface area contributed by atoms with Crippen molar-refractivity contribution in [2.75, 3.05) is 13.7 Å². The summed E-state index contributed by atoms with van der Waals surface area (Å²) >= 11 is 0. The van der Waals surface area contributed by atoms with Crippen molar-refractivity contribution in [1.29, 1.82) is 0 Å². The zero-order valence-corrected chi connectivity index (χ0v) is 8.90. The summed E-state index contributed by atoms with van der Waals surface area (Å²) in [7, 11) is 1.63. The van der Waals surface area contributed by atoms with Gasteiger partial charge >= 0.3 is 5.97 Å². The minimum absolute atomic E-state index is 0.115. The van der Waals surface area contributed by atoms with E-state index >= 15 is 0 Å². The molecule has 0 radical (unpaired) electrons. The number of esters is 1. The normalized spacial score (nSPS) is 25.1. The molecule has 2 rings (SSSR count). The summed E-state index contributed by atoms with van der Waals surface area (Å²) in [5.74, 6) is 0.826. The molecule has 0 saturated carbocycles. The molecule has 80 valence electrons. The fraction of sp³-hybridized carbons (Fsp3) is 0.417. The summed E-state index contributed by atoms with van der Waals surface area (Å²) in [6.45, 7) is 2.55. The minimum Gasteiger partial charge on any atom is -0.497 e. The Morgan fingerprint density at radius 1 is 1.33 bits per heavy atom. The van der Waals surface area contributed by atoms with E-state index in [0.717, 1.165) is 11.3 Å². The maximum atomic E-state index is 11.5. The molecule has 0 amide bonds. The van der Waals surface area contributed by atoms with Crippen molar-refractivity contribution in [3.8, 4) is 5.75 Å². The number of benzene rings is 1. The first-order valence-corrected chi connectivity index (χ1v) is 5.03. The van der Waals surface area contributed by atoms with Gasteiger partial charge in [0, 0.05) is 5.92 Å². The van der Waals surface area contributed by atoms with Crippen LogP contribution in [0.1, 0.15) is 18.4 Å². The van der Waals surface area contributed by atoms with Crippen LogP contribution in [0.3, 0.4) is 0 Å². The molecular formula is C12H14O3. The van der Waals surface area contributed by atoms with E-state index in [4.69, 9.17) is 9.47 Å². The lowest BCUT2D eigenvalue weighted by Gasteiger charge is -2.11. The Hall–Kier alpha value is -1.51. The first-order chi connectivity index (χ1) is 7.22. The van der Waals surface area contributed by atoms with Crippen molar-refractivity contribution in [3.63, 3.8) is 0 Å². The van der Waals surface area contributed by atoms with Gasteiger partial charge in [-0.25, -0.2) is 0 Å². The summed E-state index contributed by atoms with van der Waals surface area (Å²) in [6.07, 6.45) is 0. The van der Waals surface area contributed by atoms with Crippen LogP contribution in [0.15, 0.2) is 24.3 Å². The van der Waals surface area contributed by atoms with Crippen LogP contribution in [0.25, 0.3) is 0 Å². The molecule has 1 fully saturated rings. The monoisotopic (exact) mass is 206 g/mol. The molecule has 0 bridgehead atoms. The summed E-state index contributed by atoms with van der Waals surface area (Å²) in [5.41, 5.74) is 1.01. The number of ether oxygens (including phenoxy) is 2. The van der Waals surface area contributed by atoms with E-state index in [1.54, 1.807) is 7.11 Å². The van der Waals surface area contributed by atoms with Gasteiger partial charge in [-0.15, -0.1) is 0 Å². The lowest BCUT2D eigenvalue weighted by molar-refractivity contribution is -0.139. The molecule has 1 heterocycles. The lowest BCUT2D eigenvalue weighted by Crippen LogP contribution is -2.10. The average molecular weight is 206 g/mol. The van der Waals surface area contributed by atoms with E-state index in [-0.39, 0.29) is 17.8 Å². The highest BCUT2D eigenvalue weighted by Crippen LogP contribution is 2.32. The molecule has 1 aromatic carbocycles. The van der Waals surface area contributed by atoms with Crippen LogP contribution in [0, 0.1) is 5.92 Å². The van der Waals surface area contributed by atoms with Crippen molar-refractivity contribution in [3.05, 3.63) is 29.8 Å². The van der Waals surface area contributed by atoms with Crippen LogP contribution in [-0.4, -0.2) is 19.7 Å². The third-order valence-electron chi connectivity index (χ3n) is 2.79. The van der Waals surface area contributed by atoms with Gasteiger partial charge < -0.3 is 9.47 Å². The molecule has 1 aliphatic heterocycles. The second-order valence-corrected chi connectivity index (χ2v) is 3.86. The molecule has 3 nitrogen and oxygen atoms in total. The predicted molar refractivity (Wildman–Crippen MR) is 55.9 cm³/mol. The van der Waals surface area contributed by atoms with E-state index in [0.29, 0.717) is 6.61 Å². The third-order valence-corrected chi connectivity index (χ3v) is 2.79. The summed E-state index contributed by atoms with van der Waals surface area (Å²) in [6, 6.07) is 7.58. The summed E-state index contributed by atoms with van der Waals surface area (Å²) < 4.78 is 10.1. The van der Waals surface area contributed by atoms with E-state index in [2.05, 4.69) is 0 Å². The highest BCUT2D eigenvalue weighted by Gasteiger charge is 2.34. The van der Waals surface area contributed by atoms with E-state index in [9.17, 15) is 4.79 Å². The first-order valence-electron chi connectivity index (χ1n) is 5.03. The van der Waals surface area contributed by atoms with Gasteiger partial charge in [0.1, 0.15) is 5.75 Å². The molecule has 0 spiro atoms. The summed E-state index contributed by atoms with van der Waals surface area (Å²) in [5, 5.41) is 0. The van der Waals surface area contributed by atoms with Crippen LogP contribution in [0.2, 0.25) is 0 Å². The minimum atomic E-state index is -0.118. The van der Waals surface area contributed by atoms with Crippen molar-refractivity contribution in [1.82, 2.24) is 0 Å². The Kier molecular flexibility index (Phi) is 2.62. The fourth-order valence-electron chi connectivity index (χ4n) is 1.91. The standard InChI is InChI=1S/C12H14O3/c1-8-7-15-12(13)11(8)9-3-5-10(14-2)6-4-9/h3-6,8,11H,7H2,1-2H3/t8-,11+/m1/s1. The van der Waals surface area contributed by atoms with Crippen molar-refractivity contribution in [2.24, 2.45) is 5.92 Å². The molecule has 0 N–H and O–H groups in total. The van der Waals surface area contributed by atoms with Gasteiger partial charge in [0.2, 0.25) is 0 Å². The molecule has 1 saturated heterocycles. The van der Waals surface area contributed by atoms with Crippen LogP contribution in [0.5, 0.6) is 5.75 Å². The topological polar surface area (TPSA) is 35.5 Å². The van der Waals surface area contributed by atoms with E-state index in [1.807, 2.05) is 31.2 Å². The Balaban J connectivity index is 2.25.